The summed E-state index contributed by atoms with van der Waals surface area (Å²) in [7, 11) is 3.20. The maximum absolute atomic E-state index is 12.9. The summed E-state index contributed by atoms with van der Waals surface area (Å²) in [5.74, 6) is 0.0922. The van der Waals surface area contributed by atoms with Crippen LogP contribution in [0.3, 0.4) is 0 Å². The Hall–Kier alpha value is -2.22. The molecule has 1 saturated carbocycles. The Labute approximate surface area is 191 Å². The van der Waals surface area contributed by atoms with Crippen LogP contribution in [0.15, 0.2) is 36.7 Å². The monoisotopic (exact) mass is 443 g/mol. The lowest BCUT2D eigenvalue weighted by atomic mass is 10.0. The topological polar surface area (TPSA) is 65.8 Å². The van der Waals surface area contributed by atoms with Gasteiger partial charge >= 0.3 is 0 Å². The second-order valence-electron chi connectivity index (χ2n) is 9.05. The van der Waals surface area contributed by atoms with Crippen LogP contribution in [-0.2, 0) is 32.0 Å². The normalized spacial score (nSPS) is 17.0. The van der Waals surface area contributed by atoms with E-state index in [1.54, 1.807) is 14.2 Å². The smallest absolute Gasteiger partial charge is 0.225 e. The minimum atomic E-state index is -0.409. The van der Waals surface area contributed by atoms with Crippen LogP contribution in [-0.4, -0.2) is 66.9 Å². The Morgan fingerprint density at radius 3 is 2.62 bits per heavy atom. The zero-order chi connectivity index (χ0) is 23.1. The lowest BCUT2D eigenvalue weighted by Gasteiger charge is -2.28. The molecular formula is C25H37N3O4. The van der Waals surface area contributed by atoms with Crippen molar-refractivity contribution in [3.63, 3.8) is 0 Å². The predicted octanol–water partition coefficient (Wildman–Crippen LogP) is 3.77. The van der Waals surface area contributed by atoms with Gasteiger partial charge in [0, 0.05) is 38.6 Å². The largest absolute Gasteiger partial charge is 0.381 e. The van der Waals surface area contributed by atoms with E-state index in [1.807, 2.05) is 15.8 Å². The van der Waals surface area contributed by atoms with Crippen LogP contribution in [0.1, 0.15) is 39.2 Å². The van der Waals surface area contributed by atoms with E-state index in [4.69, 9.17) is 14.2 Å². The fraction of sp³-hybridized carbons (Fsp3) is 0.600. The molecule has 1 heterocycles. The molecule has 0 aliphatic heterocycles. The van der Waals surface area contributed by atoms with Crippen LogP contribution in [0, 0.1) is 5.41 Å². The highest BCUT2D eigenvalue weighted by molar-refractivity contribution is 5.77. The Morgan fingerprint density at radius 2 is 2.00 bits per heavy atom. The molecule has 0 radical (unpaired) electrons. The lowest BCUT2D eigenvalue weighted by Crippen LogP contribution is -2.42. The molecule has 0 unspecified atom stereocenters. The molecule has 1 aliphatic rings. The molecule has 1 aromatic carbocycles. The molecule has 1 fully saturated rings. The average molecular weight is 444 g/mol. The molecule has 2 aromatic rings. The number of amides is 1. The molecular weight excluding hydrogens is 406 g/mol. The number of aryl methyl sites for hydroxylation is 1. The molecule has 3 rings (SSSR count). The standard InChI is InChI=1S/C25H37N3O4/c1-6-27-17-21(16-26-27)20-9-7-8-19(14-20)10-12-32-13-11-23(29)28(18-24(30-4)31-5)22-15-25(22,2)3/h7-9,14,16-17,22,24H,6,10-13,15,18H2,1-5H3/t22-/m1/s1. The molecule has 0 spiro atoms. The van der Waals surface area contributed by atoms with Crippen molar-refractivity contribution in [3.8, 4) is 11.1 Å². The van der Waals surface area contributed by atoms with E-state index in [9.17, 15) is 4.79 Å². The van der Waals surface area contributed by atoms with Crippen LogP contribution in [0.5, 0.6) is 0 Å². The third-order valence-electron chi connectivity index (χ3n) is 6.24. The molecule has 7 nitrogen and oxygen atoms in total. The highest BCUT2D eigenvalue weighted by atomic mass is 16.7. The maximum Gasteiger partial charge on any atom is 0.225 e. The van der Waals surface area contributed by atoms with Gasteiger partial charge in [0.15, 0.2) is 6.29 Å². The van der Waals surface area contributed by atoms with E-state index < -0.39 is 6.29 Å². The number of ether oxygens (including phenoxy) is 3. The number of hydrogen-bond acceptors (Lipinski definition) is 5. The highest BCUT2D eigenvalue weighted by Gasteiger charge is 2.51. The number of nitrogens with zero attached hydrogens (tertiary/aromatic N) is 3. The number of methoxy groups -OCH3 is 2. The number of hydrogen-bond donors (Lipinski definition) is 0. The van der Waals surface area contributed by atoms with E-state index in [1.165, 1.54) is 5.56 Å². The van der Waals surface area contributed by atoms with Crippen molar-refractivity contribution < 1.29 is 19.0 Å². The van der Waals surface area contributed by atoms with Gasteiger partial charge in [-0.15, -0.1) is 0 Å². The highest BCUT2D eigenvalue weighted by Crippen LogP contribution is 2.48. The quantitative estimate of drug-likeness (QED) is 0.348. The third kappa shape index (κ3) is 6.40. The Bertz CT molecular complexity index is 876. The summed E-state index contributed by atoms with van der Waals surface area (Å²) < 4.78 is 18.4. The van der Waals surface area contributed by atoms with Crippen molar-refractivity contribution in [2.45, 2.75) is 58.9 Å². The van der Waals surface area contributed by atoms with Crippen LogP contribution in [0.25, 0.3) is 11.1 Å². The predicted molar refractivity (Wildman–Crippen MR) is 124 cm³/mol. The molecule has 0 N–H and O–H groups in total. The van der Waals surface area contributed by atoms with Gasteiger partial charge in [-0.3, -0.25) is 9.48 Å². The molecule has 1 aromatic heterocycles. The van der Waals surface area contributed by atoms with E-state index in [0.717, 1.165) is 30.5 Å². The summed E-state index contributed by atoms with van der Waals surface area (Å²) in [6.07, 6.45) is 5.73. The number of rotatable bonds is 13. The zero-order valence-electron chi connectivity index (χ0n) is 20.0. The SMILES string of the molecule is CCn1cc(-c2cccc(CCOCCC(=O)N(CC(OC)OC)[C@@H]3CC3(C)C)c2)cn1. The molecule has 32 heavy (non-hydrogen) atoms. The molecule has 176 valence electrons. The summed E-state index contributed by atoms with van der Waals surface area (Å²) >= 11 is 0. The first kappa shape index (κ1) is 24.4. The molecule has 1 amide bonds. The van der Waals surface area contributed by atoms with E-state index in [0.29, 0.717) is 26.2 Å². The summed E-state index contributed by atoms with van der Waals surface area (Å²) in [6.45, 7) is 8.75. The minimum absolute atomic E-state index is 0.0922. The van der Waals surface area contributed by atoms with Crippen LogP contribution in [0.4, 0.5) is 0 Å². The Balaban J connectivity index is 1.45. The minimum Gasteiger partial charge on any atom is -0.381 e. The first-order valence-electron chi connectivity index (χ1n) is 11.4. The van der Waals surface area contributed by atoms with Gasteiger partial charge in [0.05, 0.1) is 32.4 Å². The Kier molecular flexibility index (Phi) is 8.45. The van der Waals surface area contributed by atoms with Crippen molar-refractivity contribution >= 4 is 5.91 Å². The number of carbonyl (C=O) groups is 1. The first-order valence-corrected chi connectivity index (χ1v) is 11.4. The van der Waals surface area contributed by atoms with Crippen LogP contribution >= 0.6 is 0 Å². The lowest BCUT2D eigenvalue weighted by molar-refractivity contribution is -0.148. The fourth-order valence-corrected chi connectivity index (χ4v) is 3.97. The van der Waals surface area contributed by atoms with Gasteiger partial charge in [0.25, 0.3) is 0 Å². The average Bonchev–Trinajstić information content (AvgIpc) is 3.19. The van der Waals surface area contributed by atoms with Gasteiger partial charge in [0.2, 0.25) is 5.91 Å². The van der Waals surface area contributed by atoms with Gasteiger partial charge in [-0.25, -0.2) is 0 Å². The summed E-state index contributed by atoms with van der Waals surface area (Å²) in [5.41, 5.74) is 3.64. The molecule has 0 bridgehead atoms. The van der Waals surface area contributed by atoms with E-state index >= 15 is 0 Å². The summed E-state index contributed by atoms with van der Waals surface area (Å²) in [4.78, 5) is 14.8. The van der Waals surface area contributed by atoms with Crippen molar-refractivity contribution in [3.05, 3.63) is 42.2 Å². The summed E-state index contributed by atoms with van der Waals surface area (Å²) in [5, 5.41) is 4.35. The maximum atomic E-state index is 12.9. The van der Waals surface area contributed by atoms with E-state index in [-0.39, 0.29) is 17.4 Å². The third-order valence-corrected chi connectivity index (χ3v) is 6.24. The van der Waals surface area contributed by atoms with Crippen LogP contribution < -0.4 is 0 Å². The van der Waals surface area contributed by atoms with Gasteiger partial charge in [-0.2, -0.15) is 5.10 Å². The number of benzene rings is 1. The van der Waals surface area contributed by atoms with Gasteiger partial charge in [-0.1, -0.05) is 38.1 Å². The number of aromatic nitrogens is 2. The number of carbonyl (C=O) groups excluding carboxylic acids is 1. The van der Waals surface area contributed by atoms with Gasteiger partial charge in [0.1, 0.15) is 0 Å². The van der Waals surface area contributed by atoms with Crippen molar-refractivity contribution in [2.24, 2.45) is 5.41 Å². The van der Waals surface area contributed by atoms with Crippen LogP contribution in [0.2, 0.25) is 0 Å². The first-order chi connectivity index (χ1) is 15.4. The van der Waals surface area contributed by atoms with Gasteiger partial charge < -0.3 is 19.1 Å². The zero-order valence-corrected chi connectivity index (χ0v) is 20.0. The van der Waals surface area contributed by atoms with Crippen molar-refractivity contribution in [1.82, 2.24) is 14.7 Å². The summed E-state index contributed by atoms with van der Waals surface area (Å²) in [6, 6.07) is 8.69. The molecule has 1 aliphatic carbocycles. The molecule has 1 atom stereocenters. The van der Waals surface area contributed by atoms with Crippen molar-refractivity contribution in [2.75, 3.05) is 34.0 Å². The molecule has 7 heteroatoms. The van der Waals surface area contributed by atoms with Gasteiger partial charge in [-0.05, 0) is 36.3 Å². The van der Waals surface area contributed by atoms with Crippen molar-refractivity contribution in [1.29, 1.82) is 0 Å². The Morgan fingerprint density at radius 1 is 1.25 bits per heavy atom. The van der Waals surface area contributed by atoms with E-state index in [2.05, 4.69) is 56.3 Å². The second-order valence-corrected chi connectivity index (χ2v) is 9.05. The fourth-order valence-electron chi connectivity index (χ4n) is 3.97. The molecule has 0 saturated heterocycles. The second kappa shape index (κ2) is 11.1.